The lowest BCUT2D eigenvalue weighted by Crippen LogP contribution is -2.43. The number of rotatable bonds is 2. The van der Waals surface area contributed by atoms with E-state index >= 15 is 0 Å². The number of amides is 1. The number of nitrogen functional groups attached to an aromatic ring is 1. The van der Waals surface area contributed by atoms with Gasteiger partial charge in [-0.25, -0.2) is 0 Å². The first kappa shape index (κ1) is 15.8. The summed E-state index contributed by atoms with van der Waals surface area (Å²) in [5.74, 6) is 1.46. The van der Waals surface area contributed by atoms with Crippen LogP contribution in [0, 0.1) is 11.8 Å². The van der Waals surface area contributed by atoms with E-state index in [4.69, 9.17) is 5.73 Å². The van der Waals surface area contributed by atoms with Crippen LogP contribution < -0.4 is 5.73 Å². The Morgan fingerprint density at radius 2 is 1.74 bits per heavy atom. The summed E-state index contributed by atoms with van der Waals surface area (Å²) in [6.07, 6.45) is 1.71. The van der Waals surface area contributed by atoms with Crippen molar-refractivity contribution in [2.45, 2.75) is 26.7 Å². The van der Waals surface area contributed by atoms with Gasteiger partial charge in [0.1, 0.15) is 0 Å². The Bertz CT molecular complexity index is 409. The zero-order chi connectivity index (χ0) is 13.1. The van der Waals surface area contributed by atoms with E-state index < -0.39 is 0 Å². The fourth-order valence-electron chi connectivity index (χ4n) is 2.79. The van der Waals surface area contributed by atoms with Crippen LogP contribution in [0.2, 0.25) is 0 Å². The highest BCUT2D eigenvalue weighted by Gasteiger charge is 2.25. The van der Waals surface area contributed by atoms with E-state index in [1.165, 1.54) is 6.42 Å². The molecule has 4 heteroatoms. The summed E-state index contributed by atoms with van der Waals surface area (Å²) in [5.41, 5.74) is 7.43. The average molecular weight is 283 g/mol. The summed E-state index contributed by atoms with van der Waals surface area (Å²) in [4.78, 5) is 14.2. The maximum atomic E-state index is 12.2. The van der Waals surface area contributed by atoms with Crippen LogP contribution in [0.4, 0.5) is 5.69 Å². The van der Waals surface area contributed by atoms with E-state index in [1.807, 2.05) is 29.2 Å². The summed E-state index contributed by atoms with van der Waals surface area (Å²) in [6, 6.07) is 7.57. The number of hydrogen-bond acceptors (Lipinski definition) is 2. The van der Waals surface area contributed by atoms with E-state index in [1.54, 1.807) is 0 Å². The van der Waals surface area contributed by atoms with Crippen LogP contribution in [0.1, 0.15) is 25.8 Å². The fraction of sp³-hybridized carbons (Fsp3) is 0.533. The minimum Gasteiger partial charge on any atom is -0.399 e. The van der Waals surface area contributed by atoms with E-state index in [-0.39, 0.29) is 18.3 Å². The Morgan fingerprint density at radius 1 is 1.21 bits per heavy atom. The molecule has 1 aliphatic rings. The molecule has 2 N–H and O–H groups in total. The monoisotopic (exact) mass is 282 g/mol. The molecule has 0 aliphatic carbocycles. The van der Waals surface area contributed by atoms with Gasteiger partial charge in [0.2, 0.25) is 5.91 Å². The number of nitrogens with zero attached hydrogens (tertiary/aromatic N) is 1. The van der Waals surface area contributed by atoms with E-state index in [0.29, 0.717) is 18.3 Å². The highest BCUT2D eigenvalue weighted by atomic mass is 35.5. The molecule has 0 spiro atoms. The summed E-state index contributed by atoms with van der Waals surface area (Å²) < 4.78 is 0. The third-order valence-corrected chi connectivity index (χ3v) is 3.56. The van der Waals surface area contributed by atoms with Crippen LogP contribution in [-0.2, 0) is 11.2 Å². The Kier molecular flexibility index (Phi) is 5.67. The largest absolute Gasteiger partial charge is 0.399 e. The number of likely N-dealkylation sites (tertiary alicyclic amines) is 1. The molecule has 0 saturated carbocycles. The number of carbonyl (C=O) groups excluding carboxylic acids is 1. The quantitative estimate of drug-likeness (QED) is 0.848. The van der Waals surface area contributed by atoms with Crippen molar-refractivity contribution in [2.75, 3.05) is 18.8 Å². The highest BCUT2D eigenvalue weighted by Crippen LogP contribution is 2.21. The molecule has 1 fully saturated rings. The molecule has 2 atom stereocenters. The zero-order valence-corrected chi connectivity index (χ0v) is 12.5. The molecule has 3 nitrogen and oxygen atoms in total. The van der Waals surface area contributed by atoms with E-state index in [0.717, 1.165) is 24.3 Å². The Morgan fingerprint density at radius 3 is 2.26 bits per heavy atom. The van der Waals surface area contributed by atoms with Gasteiger partial charge in [-0.1, -0.05) is 26.0 Å². The van der Waals surface area contributed by atoms with Crippen molar-refractivity contribution in [1.29, 1.82) is 0 Å². The minimum absolute atomic E-state index is 0. The van der Waals surface area contributed by atoms with Gasteiger partial charge in [-0.3, -0.25) is 4.79 Å². The lowest BCUT2D eigenvalue weighted by Gasteiger charge is -2.35. The number of anilines is 1. The number of hydrogen-bond donors (Lipinski definition) is 1. The second kappa shape index (κ2) is 6.80. The number of benzene rings is 1. The maximum absolute atomic E-state index is 12.2. The molecule has 106 valence electrons. The molecule has 1 amide bonds. The number of carbonyl (C=O) groups is 1. The van der Waals surface area contributed by atoms with Crippen LogP contribution in [0.5, 0.6) is 0 Å². The van der Waals surface area contributed by atoms with Gasteiger partial charge in [0.15, 0.2) is 0 Å². The molecule has 0 aromatic heterocycles. The molecule has 1 saturated heterocycles. The summed E-state index contributed by atoms with van der Waals surface area (Å²) in [7, 11) is 0. The lowest BCUT2D eigenvalue weighted by atomic mass is 9.91. The summed E-state index contributed by atoms with van der Waals surface area (Å²) in [6.45, 7) is 6.24. The first-order chi connectivity index (χ1) is 8.54. The SMILES string of the molecule is CC1CC(C)CN(C(=O)Cc2ccc(N)cc2)C1.Cl. The molecule has 1 aromatic carbocycles. The van der Waals surface area contributed by atoms with Gasteiger partial charge in [0.05, 0.1) is 6.42 Å². The van der Waals surface area contributed by atoms with Crippen molar-refractivity contribution in [1.82, 2.24) is 4.90 Å². The van der Waals surface area contributed by atoms with Gasteiger partial charge in [-0.05, 0) is 36.0 Å². The van der Waals surface area contributed by atoms with Crippen molar-refractivity contribution in [3.05, 3.63) is 29.8 Å². The zero-order valence-electron chi connectivity index (χ0n) is 11.6. The smallest absolute Gasteiger partial charge is 0.227 e. The molecule has 0 bridgehead atoms. The predicted octanol–water partition coefficient (Wildman–Crippen LogP) is 2.74. The number of halogens is 1. The molecular weight excluding hydrogens is 260 g/mol. The third kappa shape index (κ3) is 4.43. The molecule has 1 aliphatic heterocycles. The molecule has 2 unspecified atom stereocenters. The Hall–Kier alpha value is -1.22. The van der Waals surface area contributed by atoms with Crippen LogP contribution >= 0.6 is 12.4 Å². The molecule has 0 radical (unpaired) electrons. The fourth-order valence-corrected chi connectivity index (χ4v) is 2.79. The van der Waals surface area contributed by atoms with Crippen molar-refractivity contribution in [2.24, 2.45) is 11.8 Å². The number of nitrogens with two attached hydrogens (primary N) is 1. The molecule has 2 rings (SSSR count). The van der Waals surface area contributed by atoms with Crippen LogP contribution in [-0.4, -0.2) is 23.9 Å². The third-order valence-electron chi connectivity index (χ3n) is 3.56. The standard InChI is InChI=1S/C15H22N2O.ClH/c1-11-7-12(2)10-17(9-11)15(18)8-13-3-5-14(16)6-4-13;/h3-6,11-12H,7-10,16H2,1-2H3;1H. The predicted molar refractivity (Wildman–Crippen MR) is 81.3 cm³/mol. The molecule has 1 aromatic rings. The van der Waals surface area contributed by atoms with Gasteiger partial charge in [0.25, 0.3) is 0 Å². The van der Waals surface area contributed by atoms with Gasteiger partial charge in [0, 0.05) is 18.8 Å². The maximum Gasteiger partial charge on any atom is 0.227 e. The first-order valence-corrected chi connectivity index (χ1v) is 6.67. The second-order valence-electron chi connectivity index (χ2n) is 5.66. The summed E-state index contributed by atoms with van der Waals surface area (Å²) >= 11 is 0. The van der Waals surface area contributed by atoms with Gasteiger partial charge >= 0.3 is 0 Å². The molecule has 19 heavy (non-hydrogen) atoms. The van der Waals surface area contributed by atoms with E-state index in [9.17, 15) is 4.79 Å². The van der Waals surface area contributed by atoms with Crippen LogP contribution in [0.25, 0.3) is 0 Å². The van der Waals surface area contributed by atoms with E-state index in [2.05, 4.69) is 13.8 Å². The van der Waals surface area contributed by atoms with Gasteiger partial charge in [-0.15, -0.1) is 12.4 Å². The number of piperidine rings is 1. The second-order valence-corrected chi connectivity index (χ2v) is 5.66. The Labute approximate surface area is 121 Å². The van der Waals surface area contributed by atoms with Crippen molar-refractivity contribution >= 4 is 24.0 Å². The molecular formula is C15H23ClN2O. The average Bonchev–Trinajstić information content (AvgIpc) is 2.31. The van der Waals surface area contributed by atoms with Gasteiger partial charge in [-0.2, -0.15) is 0 Å². The minimum atomic E-state index is 0. The topological polar surface area (TPSA) is 46.3 Å². The lowest BCUT2D eigenvalue weighted by molar-refractivity contribution is -0.133. The summed E-state index contributed by atoms with van der Waals surface area (Å²) in [5, 5.41) is 0. The Balaban J connectivity index is 0.00000180. The highest BCUT2D eigenvalue weighted by molar-refractivity contribution is 5.85. The first-order valence-electron chi connectivity index (χ1n) is 6.67. The van der Waals surface area contributed by atoms with Crippen molar-refractivity contribution in [3.63, 3.8) is 0 Å². The van der Waals surface area contributed by atoms with Crippen LogP contribution in [0.15, 0.2) is 24.3 Å². The van der Waals surface area contributed by atoms with Crippen LogP contribution in [0.3, 0.4) is 0 Å². The molecule has 1 heterocycles. The van der Waals surface area contributed by atoms with Gasteiger partial charge < -0.3 is 10.6 Å². The van der Waals surface area contributed by atoms with Crippen molar-refractivity contribution in [3.8, 4) is 0 Å². The normalized spacial score (nSPS) is 22.7. The van der Waals surface area contributed by atoms with Crippen molar-refractivity contribution < 1.29 is 4.79 Å².